The van der Waals surface area contributed by atoms with Crippen LogP contribution in [0.4, 0.5) is 15.0 Å². The average molecular weight is 559 g/mol. The number of imidazole rings is 1. The maximum Gasteiger partial charge on any atom is 0.410 e. The van der Waals surface area contributed by atoms with Crippen LogP contribution < -0.4 is 5.32 Å². The number of ether oxygens (including phenoxy) is 1. The van der Waals surface area contributed by atoms with E-state index in [1.54, 1.807) is 4.90 Å². The molecule has 0 radical (unpaired) electrons. The Hall–Kier alpha value is -4.12. The number of H-pyrrole nitrogens is 1. The number of anilines is 1. The van der Waals surface area contributed by atoms with Gasteiger partial charge in [-0.05, 0) is 63.4 Å². The van der Waals surface area contributed by atoms with Crippen LogP contribution in [-0.2, 0) is 17.7 Å². The smallest absolute Gasteiger partial charge is 0.410 e. The summed E-state index contributed by atoms with van der Waals surface area (Å²) in [5.74, 6) is 0.594. The molecule has 11 heteroatoms. The van der Waals surface area contributed by atoms with E-state index in [4.69, 9.17) is 9.72 Å². The predicted octanol–water partition coefficient (Wildman–Crippen LogP) is 4.77. The maximum atomic E-state index is 15.1. The Balaban J connectivity index is 1.10. The lowest BCUT2D eigenvalue weighted by Crippen LogP contribution is -2.49. The molecule has 214 valence electrons. The molecular weight excluding hydrogens is 523 g/mol. The minimum Gasteiger partial charge on any atom is -0.444 e. The molecule has 2 N–H and O–H groups in total. The van der Waals surface area contributed by atoms with Crippen LogP contribution in [0.3, 0.4) is 0 Å². The summed E-state index contributed by atoms with van der Waals surface area (Å²) < 4.78 is 20.6. The molecule has 1 aliphatic carbocycles. The van der Waals surface area contributed by atoms with Crippen LogP contribution in [0.5, 0.6) is 0 Å². The number of halogens is 1. The highest BCUT2D eigenvalue weighted by atomic mass is 19.1. The first-order chi connectivity index (χ1) is 19.7. The molecule has 2 aliphatic rings. The van der Waals surface area contributed by atoms with Crippen LogP contribution in [0.15, 0.2) is 42.9 Å². The van der Waals surface area contributed by atoms with E-state index in [0.717, 1.165) is 60.6 Å². The van der Waals surface area contributed by atoms with E-state index in [0.29, 0.717) is 31.1 Å². The van der Waals surface area contributed by atoms with Crippen molar-refractivity contribution in [1.29, 1.82) is 0 Å². The number of benzene rings is 1. The van der Waals surface area contributed by atoms with Gasteiger partial charge in [-0.2, -0.15) is 0 Å². The zero-order chi connectivity index (χ0) is 28.6. The van der Waals surface area contributed by atoms with Crippen molar-refractivity contribution in [1.82, 2.24) is 34.7 Å². The highest BCUT2D eigenvalue weighted by molar-refractivity contribution is 5.81. The lowest BCUT2D eigenvalue weighted by Gasteiger charge is -2.35. The Morgan fingerprint density at radius 1 is 1.10 bits per heavy atom. The first-order valence-corrected chi connectivity index (χ1v) is 14.1. The van der Waals surface area contributed by atoms with Gasteiger partial charge in [0.2, 0.25) is 0 Å². The molecule has 0 atom stereocenters. The van der Waals surface area contributed by atoms with Gasteiger partial charge in [0, 0.05) is 62.6 Å². The van der Waals surface area contributed by atoms with Crippen molar-refractivity contribution in [2.24, 2.45) is 0 Å². The highest BCUT2D eigenvalue weighted by Gasteiger charge is 2.26. The maximum absolute atomic E-state index is 15.1. The number of nitrogens with one attached hydrogen (secondary N) is 2. The second kappa shape index (κ2) is 11.0. The Kier molecular flexibility index (Phi) is 7.29. The normalized spacial score (nSPS) is 16.2. The van der Waals surface area contributed by atoms with Gasteiger partial charge in [-0.1, -0.05) is 6.07 Å². The molecule has 0 spiro atoms. The monoisotopic (exact) mass is 558 g/mol. The fraction of sp³-hybridized carbons (Fsp3) is 0.433. The summed E-state index contributed by atoms with van der Waals surface area (Å²) in [6.45, 7) is 9.29. The fourth-order valence-corrected chi connectivity index (χ4v) is 4.95. The van der Waals surface area contributed by atoms with Gasteiger partial charge in [0.05, 0.1) is 11.0 Å². The first-order valence-electron chi connectivity index (χ1n) is 14.1. The molecule has 0 unspecified atom stereocenters. The molecule has 4 aromatic rings. The topological polar surface area (TPSA) is 112 Å². The Bertz CT molecular complexity index is 1550. The molecule has 1 saturated carbocycles. The van der Waals surface area contributed by atoms with E-state index in [1.807, 2.05) is 51.2 Å². The second-order valence-electron chi connectivity index (χ2n) is 11.8. The molecule has 10 nitrogen and oxygen atoms in total. The molecule has 2 fully saturated rings. The van der Waals surface area contributed by atoms with E-state index in [9.17, 15) is 4.79 Å². The number of nitrogens with zero attached hydrogens (tertiary/aromatic N) is 6. The highest BCUT2D eigenvalue weighted by Crippen LogP contribution is 2.30. The number of rotatable bonds is 7. The standard InChI is InChI=1S/C30H35FN8O2/c1-30(2,3)41-29(40)39-12-10-38(11-13-39)17-19-8-9-32-22(14-19)16-25-36-23-7-4-20(15-24(23)37-25)27-26(31)28(34-18-33-27)35-21-5-6-21/h4,7-9,14-15,18,21H,5-6,10-13,16-17H2,1-3H3,(H,36,37)(H,33,34,35). The predicted molar refractivity (Wildman–Crippen MR) is 154 cm³/mol. The van der Waals surface area contributed by atoms with Crippen molar-refractivity contribution in [3.63, 3.8) is 0 Å². The van der Waals surface area contributed by atoms with Crippen LogP contribution in [-0.4, -0.2) is 78.6 Å². The van der Waals surface area contributed by atoms with Crippen LogP contribution in [0.2, 0.25) is 0 Å². The number of pyridine rings is 1. The molecule has 0 bridgehead atoms. The lowest BCUT2D eigenvalue weighted by atomic mass is 10.1. The fourth-order valence-electron chi connectivity index (χ4n) is 4.95. The minimum atomic E-state index is -0.491. The van der Waals surface area contributed by atoms with Crippen molar-refractivity contribution in [3.8, 4) is 11.3 Å². The third kappa shape index (κ3) is 6.62. The van der Waals surface area contributed by atoms with Crippen molar-refractivity contribution in [2.45, 2.75) is 58.2 Å². The van der Waals surface area contributed by atoms with Gasteiger partial charge in [-0.25, -0.2) is 24.1 Å². The Morgan fingerprint density at radius 2 is 1.90 bits per heavy atom. The minimum absolute atomic E-state index is 0.249. The summed E-state index contributed by atoms with van der Waals surface area (Å²) in [6, 6.07) is 10.0. The van der Waals surface area contributed by atoms with Gasteiger partial charge in [0.15, 0.2) is 11.6 Å². The van der Waals surface area contributed by atoms with Crippen LogP contribution in [0.1, 0.15) is 50.7 Å². The van der Waals surface area contributed by atoms with Gasteiger partial charge in [-0.3, -0.25) is 9.88 Å². The number of piperazine rings is 1. The number of fused-ring (bicyclic) bond motifs is 1. The number of hydrogen-bond donors (Lipinski definition) is 2. The summed E-state index contributed by atoms with van der Waals surface area (Å²) in [4.78, 5) is 37.4. The number of amides is 1. The van der Waals surface area contributed by atoms with Crippen molar-refractivity contribution >= 4 is 22.9 Å². The summed E-state index contributed by atoms with van der Waals surface area (Å²) in [5, 5.41) is 3.13. The van der Waals surface area contributed by atoms with Crippen molar-refractivity contribution < 1.29 is 13.9 Å². The second-order valence-corrected chi connectivity index (χ2v) is 11.8. The van der Waals surface area contributed by atoms with E-state index in [2.05, 4.69) is 36.2 Å². The number of carbonyl (C=O) groups excluding carboxylic acids is 1. The molecule has 1 aromatic carbocycles. The van der Waals surface area contributed by atoms with Crippen molar-refractivity contribution in [3.05, 3.63) is 65.8 Å². The van der Waals surface area contributed by atoms with Gasteiger partial charge < -0.3 is 19.9 Å². The lowest BCUT2D eigenvalue weighted by molar-refractivity contribution is 0.0139. The molecule has 1 aliphatic heterocycles. The van der Waals surface area contributed by atoms with E-state index in [-0.39, 0.29) is 17.6 Å². The van der Waals surface area contributed by atoms with E-state index >= 15 is 4.39 Å². The first kappa shape index (κ1) is 27.1. The Labute approximate surface area is 238 Å². The molecule has 6 rings (SSSR count). The Morgan fingerprint density at radius 3 is 2.66 bits per heavy atom. The quantitative estimate of drug-likeness (QED) is 0.334. The largest absolute Gasteiger partial charge is 0.444 e. The summed E-state index contributed by atoms with van der Waals surface area (Å²) in [5.41, 5.74) is 4.12. The molecule has 3 aromatic heterocycles. The molecule has 1 saturated heterocycles. The molecular formula is C30H35FN8O2. The number of hydrogen-bond acceptors (Lipinski definition) is 8. The van der Waals surface area contributed by atoms with Gasteiger partial charge >= 0.3 is 6.09 Å². The number of aromatic amines is 1. The summed E-state index contributed by atoms with van der Waals surface area (Å²) in [7, 11) is 0. The van der Waals surface area contributed by atoms with Gasteiger partial charge in [0.25, 0.3) is 0 Å². The molecule has 41 heavy (non-hydrogen) atoms. The number of aromatic nitrogens is 5. The van der Waals surface area contributed by atoms with Gasteiger partial charge in [0.1, 0.15) is 23.4 Å². The summed E-state index contributed by atoms with van der Waals surface area (Å²) >= 11 is 0. The SMILES string of the molecule is CC(C)(C)OC(=O)N1CCN(Cc2ccnc(Cc3nc4ccc(-c5ncnc(NC6CC6)c5F)cc4[nH]3)c2)CC1. The molecule has 4 heterocycles. The van der Waals surface area contributed by atoms with E-state index < -0.39 is 11.4 Å². The summed E-state index contributed by atoms with van der Waals surface area (Å²) in [6.07, 6.45) is 5.58. The number of carbonyl (C=O) groups is 1. The van der Waals surface area contributed by atoms with Crippen LogP contribution >= 0.6 is 0 Å². The zero-order valence-corrected chi connectivity index (χ0v) is 23.7. The van der Waals surface area contributed by atoms with Crippen LogP contribution in [0, 0.1) is 5.82 Å². The third-order valence-electron chi connectivity index (χ3n) is 7.17. The zero-order valence-electron chi connectivity index (χ0n) is 23.7. The molecule has 1 amide bonds. The van der Waals surface area contributed by atoms with Gasteiger partial charge in [-0.15, -0.1) is 0 Å². The van der Waals surface area contributed by atoms with E-state index in [1.165, 1.54) is 6.33 Å². The average Bonchev–Trinajstić information content (AvgIpc) is 3.66. The van der Waals surface area contributed by atoms with Crippen molar-refractivity contribution in [2.75, 3.05) is 31.5 Å². The third-order valence-corrected chi connectivity index (χ3v) is 7.17. The van der Waals surface area contributed by atoms with Crippen LogP contribution in [0.25, 0.3) is 22.3 Å².